The van der Waals surface area contributed by atoms with E-state index in [9.17, 15) is 39.3 Å². The lowest BCUT2D eigenvalue weighted by molar-refractivity contribution is -0.143. The SMILES string of the molecule is CC(O)C(N)C(=O)NC(CC(=O)O)C(=O)NC(Cc1cnc[nH]1)C(=O)NC(Cc1ccccc1)C(=O)O. The van der Waals surface area contributed by atoms with E-state index in [0.29, 0.717) is 11.3 Å². The zero-order valence-electron chi connectivity index (χ0n) is 20.0. The van der Waals surface area contributed by atoms with E-state index in [1.54, 1.807) is 30.3 Å². The monoisotopic (exact) mass is 518 g/mol. The molecule has 2 aromatic rings. The van der Waals surface area contributed by atoms with Gasteiger partial charge in [0.15, 0.2) is 0 Å². The number of aliphatic hydroxyl groups is 1. The molecule has 1 aromatic carbocycles. The fourth-order valence-corrected chi connectivity index (χ4v) is 3.29. The summed E-state index contributed by atoms with van der Waals surface area (Å²) in [5.74, 6) is -5.57. The molecule has 3 amide bonds. The second kappa shape index (κ2) is 13.7. The molecular weight excluding hydrogens is 488 g/mol. The smallest absolute Gasteiger partial charge is 0.326 e. The molecule has 0 aliphatic rings. The molecule has 0 aliphatic carbocycles. The van der Waals surface area contributed by atoms with Crippen LogP contribution in [0.25, 0.3) is 0 Å². The fraction of sp³-hybridized carbons (Fsp3) is 0.391. The predicted octanol–water partition coefficient (Wildman–Crippen LogP) is -2.08. The van der Waals surface area contributed by atoms with Crippen molar-refractivity contribution >= 4 is 29.7 Å². The number of carboxylic acid groups (broad SMARTS) is 2. The van der Waals surface area contributed by atoms with Gasteiger partial charge in [-0.1, -0.05) is 30.3 Å². The van der Waals surface area contributed by atoms with E-state index in [-0.39, 0.29) is 12.8 Å². The van der Waals surface area contributed by atoms with Crippen molar-refractivity contribution in [2.75, 3.05) is 0 Å². The van der Waals surface area contributed by atoms with Gasteiger partial charge >= 0.3 is 11.9 Å². The number of hydrogen-bond acceptors (Lipinski definition) is 8. The van der Waals surface area contributed by atoms with Crippen molar-refractivity contribution in [2.24, 2.45) is 5.73 Å². The molecular formula is C23H30N6O8. The molecule has 1 heterocycles. The van der Waals surface area contributed by atoms with Gasteiger partial charge in [-0.3, -0.25) is 19.2 Å². The third-order valence-corrected chi connectivity index (χ3v) is 5.34. The lowest BCUT2D eigenvalue weighted by Gasteiger charge is -2.25. The number of carboxylic acids is 2. The maximum absolute atomic E-state index is 13.1. The van der Waals surface area contributed by atoms with Crippen LogP contribution in [-0.4, -0.2) is 85.2 Å². The van der Waals surface area contributed by atoms with Crippen LogP contribution in [0.1, 0.15) is 24.6 Å². The van der Waals surface area contributed by atoms with Gasteiger partial charge in [0.2, 0.25) is 17.7 Å². The van der Waals surface area contributed by atoms with Crippen LogP contribution < -0.4 is 21.7 Å². The third kappa shape index (κ3) is 9.35. The number of aromatic nitrogens is 2. The summed E-state index contributed by atoms with van der Waals surface area (Å²) in [7, 11) is 0. The van der Waals surface area contributed by atoms with Crippen LogP contribution in [0.15, 0.2) is 42.9 Å². The Morgan fingerprint density at radius 2 is 1.51 bits per heavy atom. The molecule has 0 spiro atoms. The highest BCUT2D eigenvalue weighted by Crippen LogP contribution is 2.06. The second-order valence-corrected chi connectivity index (χ2v) is 8.36. The lowest BCUT2D eigenvalue weighted by atomic mass is 10.0. The highest BCUT2D eigenvalue weighted by molar-refractivity contribution is 5.95. The van der Waals surface area contributed by atoms with Gasteiger partial charge in [0.1, 0.15) is 24.2 Å². The first-order chi connectivity index (χ1) is 17.5. The number of imidazole rings is 1. The molecule has 14 heteroatoms. The summed E-state index contributed by atoms with van der Waals surface area (Å²) < 4.78 is 0. The molecule has 0 saturated carbocycles. The third-order valence-electron chi connectivity index (χ3n) is 5.34. The highest BCUT2D eigenvalue weighted by atomic mass is 16.4. The van der Waals surface area contributed by atoms with Gasteiger partial charge in [0.05, 0.1) is 18.9 Å². The van der Waals surface area contributed by atoms with Crippen LogP contribution >= 0.6 is 0 Å². The van der Waals surface area contributed by atoms with Crippen LogP contribution in [0.5, 0.6) is 0 Å². The molecule has 2 rings (SSSR count). The second-order valence-electron chi connectivity index (χ2n) is 8.36. The van der Waals surface area contributed by atoms with Gasteiger partial charge in [0.25, 0.3) is 0 Å². The molecule has 200 valence electrons. The molecule has 0 bridgehead atoms. The van der Waals surface area contributed by atoms with E-state index >= 15 is 0 Å². The molecule has 37 heavy (non-hydrogen) atoms. The summed E-state index contributed by atoms with van der Waals surface area (Å²) in [5, 5.41) is 35.2. The first-order valence-electron chi connectivity index (χ1n) is 11.3. The number of aliphatic carboxylic acids is 2. The Balaban J connectivity index is 2.22. The Hall–Kier alpha value is -4.30. The van der Waals surface area contributed by atoms with E-state index in [1.807, 2.05) is 0 Å². The normalized spacial score (nSPS) is 14.9. The number of nitrogens with zero attached hydrogens (tertiary/aromatic N) is 1. The molecule has 1 aromatic heterocycles. The summed E-state index contributed by atoms with van der Waals surface area (Å²) >= 11 is 0. The van der Waals surface area contributed by atoms with E-state index in [4.69, 9.17) is 5.73 Å². The van der Waals surface area contributed by atoms with Crippen LogP contribution in [-0.2, 0) is 36.8 Å². The Morgan fingerprint density at radius 3 is 2.05 bits per heavy atom. The number of rotatable bonds is 14. The van der Waals surface area contributed by atoms with Gasteiger partial charge in [-0.15, -0.1) is 0 Å². The van der Waals surface area contributed by atoms with Crippen LogP contribution in [0.3, 0.4) is 0 Å². The van der Waals surface area contributed by atoms with E-state index in [1.165, 1.54) is 19.4 Å². The highest BCUT2D eigenvalue weighted by Gasteiger charge is 2.32. The molecule has 0 aliphatic heterocycles. The number of aliphatic hydroxyl groups excluding tert-OH is 1. The number of H-pyrrole nitrogens is 1. The number of carbonyl (C=O) groups excluding carboxylic acids is 3. The van der Waals surface area contributed by atoms with Crippen LogP contribution in [0.2, 0.25) is 0 Å². The summed E-state index contributed by atoms with van der Waals surface area (Å²) in [6, 6.07) is 2.85. The minimum absolute atomic E-state index is 0.0262. The summed E-state index contributed by atoms with van der Waals surface area (Å²) in [5.41, 5.74) is 6.63. The van der Waals surface area contributed by atoms with Crippen molar-refractivity contribution in [1.29, 1.82) is 0 Å². The average Bonchev–Trinajstić information content (AvgIpc) is 3.35. The maximum atomic E-state index is 13.1. The van der Waals surface area contributed by atoms with E-state index < -0.39 is 66.4 Å². The lowest BCUT2D eigenvalue weighted by Crippen LogP contribution is -2.59. The maximum Gasteiger partial charge on any atom is 0.326 e. The van der Waals surface area contributed by atoms with Crippen molar-refractivity contribution < 1.29 is 39.3 Å². The predicted molar refractivity (Wildman–Crippen MR) is 128 cm³/mol. The fourth-order valence-electron chi connectivity index (χ4n) is 3.29. The van der Waals surface area contributed by atoms with Gasteiger partial charge in [-0.05, 0) is 12.5 Å². The van der Waals surface area contributed by atoms with Crippen molar-refractivity contribution in [3.05, 3.63) is 54.1 Å². The molecule has 0 radical (unpaired) electrons. The molecule has 9 N–H and O–H groups in total. The Morgan fingerprint density at radius 1 is 0.919 bits per heavy atom. The standard InChI is InChI=1S/C23H30N6O8/c1-12(30)19(24)22(35)28-16(9-18(31)32)21(34)27-15(8-14-10-25-11-26-14)20(33)29-17(23(36)37)7-13-5-3-2-4-6-13/h2-6,10-12,15-17,19,30H,7-9,24H2,1H3,(H,25,26)(H,27,34)(H,28,35)(H,29,33)(H,31,32)(H,36,37). The molecule has 5 atom stereocenters. The topological polar surface area (TPSA) is 237 Å². The summed E-state index contributed by atoms with van der Waals surface area (Å²) in [6.45, 7) is 1.25. The zero-order valence-corrected chi connectivity index (χ0v) is 20.0. The van der Waals surface area contributed by atoms with Gasteiger partial charge in [-0.25, -0.2) is 9.78 Å². The van der Waals surface area contributed by atoms with E-state index in [0.717, 1.165) is 0 Å². The number of aromatic amines is 1. The number of nitrogens with one attached hydrogen (secondary N) is 4. The first-order valence-corrected chi connectivity index (χ1v) is 11.3. The average molecular weight is 519 g/mol. The van der Waals surface area contributed by atoms with Crippen molar-refractivity contribution in [3.8, 4) is 0 Å². The summed E-state index contributed by atoms with van der Waals surface area (Å²) in [4.78, 5) is 68.0. The van der Waals surface area contributed by atoms with Crippen molar-refractivity contribution in [3.63, 3.8) is 0 Å². The first kappa shape index (κ1) is 28.9. The van der Waals surface area contributed by atoms with Gasteiger partial charge in [-0.2, -0.15) is 0 Å². The quantitative estimate of drug-likeness (QED) is 0.136. The molecule has 0 fully saturated rings. The van der Waals surface area contributed by atoms with Gasteiger partial charge < -0.3 is 42.0 Å². The van der Waals surface area contributed by atoms with Crippen molar-refractivity contribution in [2.45, 2.75) is 56.5 Å². The van der Waals surface area contributed by atoms with Crippen molar-refractivity contribution in [1.82, 2.24) is 25.9 Å². The van der Waals surface area contributed by atoms with Crippen LogP contribution in [0.4, 0.5) is 0 Å². The number of nitrogens with two attached hydrogens (primary N) is 1. The number of benzene rings is 1. The number of hydrogen-bond donors (Lipinski definition) is 8. The molecule has 0 saturated heterocycles. The zero-order chi connectivity index (χ0) is 27.5. The summed E-state index contributed by atoms with van der Waals surface area (Å²) in [6.07, 6.45) is 0.451. The molecule has 14 nitrogen and oxygen atoms in total. The minimum Gasteiger partial charge on any atom is -0.481 e. The van der Waals surface area contributed by atoms with Crippen LogP contribution in [0, 0.1) is 0 Å². The largest absolute Gasteiger partial charge is 0.481 e. The van der Waals surface area contributed by atoms with Gasteiger partial charge in [0, 0.05) is 24.7 Å². The number of carbonyl (C=O) groups is 5. The molecule has 5 unspecified atom stereocenters. The Labute approximate surface area is 211 Å². The Kier molecular flexibility index (Phi) is 10.7. The number of amides is 3. The van der Waals surface area contributed by atoms with E-state index in [2.05, 4.69) is 25.9 Å². The Bertz CT molecular complexity index is 1080. The minimum atomic E-state index is -1.63.